The quantitative estimate of drug-likeness (QED) is 0.518. The third-order valence-corrected chi connectivity index (χ3v) is 1.55. The number of carbonyl (C=O) groups excluding carboxylic acids is 1. The summed E-state index contributed by atoms with van der Waals surface area (Å²) in [5, 5.41) is 8.50. The molecule has 0 saturated carbocycles. The number of hydrogen-bond donors (Lipinski definition) is 1. The number of hydrogen-bond acceptors (Lipinski definition) is 3. The standard InChI is InChI=1S/C9H14O4/c1-6(2)4-7(5-8(10)11)9(12)13-3/h7H,1,4-5H2,2-3H3,(H,10,11). The molecule has 0 aromatic rings. The highest BCUT2D eigenvalue weighted by molar-refractivity contribution is 5.79. The second-order valence-corrected chi connectivity index (χ2v) is 2.98. The largest absolute Gasteiger partial charge is 0.481 e. The Morgan fingerprint density at radius 3 is 2.31 bits per heavy atom. The molecule has 4 heteroatoms. The van der Waals surface area contributed by atoms with Crippen molar-refractivity contribution in [2.45, 2.75) is 19.8 Å². The summed E-state index contributed by atoms with van der Waals surface area (Å²) in [6, 6.07) is 0. The van der Waals surface area contributed by atoms with Crippen molar-refractivity contribution in [3.63, 3.8) is 0 Å². The molecule has 0 aromatic carbocycles. The minimum atomic E-state index is -1.00. The molecule has 0 aliphatic rings. The molecule has 0 aliphatic heterocycles. The Kier molecular flexibility index (Phi) is 4.80. The number of carboxylic acid groups (broad SMARTS) is 1. The van der Waals surface area contributed by atoms with Crippen LogP contribution < -0.4 is 0 Å². The van der Waals surface area contributed by atoms with E-state index in [-0.39, 0.29) is 6.42 Å². The lowest BCUT2D eigenvalue weighted by molar-refractivity contribution is -0.150. The van der Waals surface area contributed by atoms with Gasteiger partial charge in [-0.15, -0.1) is 6.58 Å². The fourth-order valence-electron chi connectivity index (χ4n) is 1.04. The molecule has 0 heterocycles. The van der Waals surface area contributed by atoms with Gasteiger partial charge >= 0.3 is 11.9 Å². The lowest BCUT2D eigenvalue weighted by Gasteiger charge is -2.11. The summed E-state index contributed by atoms with van der Waals surface area (Å²) < 4.78 is 4.47. The number of methoxy groups -OCH3 is 1. The third-order valence-electron chi connectivity index (χ3n) is 1.55. The first-order valence-corrected chi connectivity index (χ1v) is 3.91. The molecule has 1 unspecified atom stereocenters. The smallest absolute Gasteiger partial charge is 0.309 e. The molecule has 0 bridgehead atoms. The van der Waals surface area contributed by atoms with Gasteiger partial charge in [0.05, 0.1) is 19.4 Å². The number of allylic oxidation sites excluding steroid dienone is 1. The normalized spacial score (nSPS) is 11.8. The molecule has 0 aromatic heterocycles. The van der Waals surface area contributed by atoms with Crippen LogP contribution in [-0.4, -0.2) is 24.2 Å². The third kappa shape index (κ3) is 5.00. The van der Waals surface area contributed by atoms with Crippen molar-refractivity contribution in [2.75, 3.05) is 7.11 Å². The predicted octanol–water partition coefficient (Wildman–Crippen LogP) is 1.22. The lowest BCUT2D eigenvalue weighted by atomic mass is 9.98. The maximum Gasteiger partial charge on any atom is 0.309 e. The molecule has 0 aliphatic carbocycles. The van der Waals surface area contributed by atoms with Gasteiger partial charge in [0.1, 0.15) is 0 Å². The van der Waals surface area contributed by atoms with Gasteiger partial charge in [-0.2, -0.15) is 0 Å². The van der Waals surface area contributed by atoms with E-state index in [0.717, 1.165) is 5.57 Å². The average molecular weight is 186 g/mol. The number of rotatable bonds is 5. The van der Waals surface area contributed by atoms with E-state index in [0.29, 0.717) is 6.42 Å². The molecule has 0 amide bonds. The minimum absolute atomic E-state index is 0.209. The van der Waals surface area contributed by atoms with E-state index in [2.05, 4.69) is 11.3 Å². The van der Waals surface area contributed by atoms with Crippen LogP contribution in [0.2, 0.25) is 0 Å². The summed E-state index contributed by atoms with van der Waals surface area (Å²) in [5.41, 5.74) is 0.775. The Morgan fingerprint density at radius 1 is 1.46 bits per heavy atom. The zero-order valence-electron chi connectivity index (χ0n) is 7.87. The Balaban J connectivity index is 4.26. The van der Waals surface area contributed by atoms with Gasteiger partial charge in [0.25, 0.3) is 0 Å². The van der Waals surface area contributed by atoms with E-state index < -0.39 is 17.9 Å². The van der Waals surface area contributed by atoms with Crippen LogP contribution in [-0.2, 0) is 14.3 Å². The van der Waals surface area contributed by atoms with Crippen LogP contribution in [0.25, 0.3) is 0 Å². The van der Waals surface area contributed by atoms with Gasteiger partial charge in [-0.1, -0.05) is 5.57 Å². The molecule has 4 nitrogen and oxygen atoms in total. The van der Waals surface area contributed by atoms with Crippen LogP contribution >= 0.6 is 0 Å². The topological polar surface area (TPSA) is 63.6 Å². The maximum atomic E-state index is 11.1. The van der Waals surface area contributed by atoms with Crippen molar-refractivity contribution in [3.05, 3.63) is 12.2 Å². The Hall–Kier alpha value is -1.32. The zero-order valence-corrected chi connectivity index (χ0v) is 7.87. The number of carbonyl (C=O) groups is 2. The summed E-state index contributed by atoms with van der Waals surface area (Å²) in [6.07, 6.45) is 0.151. The molecule has 0 rings (SSSR count). The van der Waals surface area contributed by atoms with Crippen molar-refractivity contribution in [1.29, 1.82) is 0 Å². The van der Waals surface area contributed by atoms with Crippen LogP contribution in [0.3, 0.4) is 0 Å². The van der Waals surface area contributed by atoms with Crippen molar-refractivity contribution in [3.8, 4) is 0 Å². The van der Waals surface area contributed by atoms with Gasteiger partial charge in [-0.05, 0) is 13.3 Å². The van der Waals surface area contributed by atoms with Gasteiger partial charge < -0.3 is 9.84 Å². The Morgan fingerprint density at radius 2 is 2.00 bits per heavy atom. The highest BCUT2D eigenvalue weighted by Crippen LogP contribution is 2.15. The first-order chi connectivity index (χ1) is 5.97. The summed E-state index contributed by atoms with van der Waals surface area (Å²) in [5.74, 6) is -2.11. The molecule has 1 atom stereocenters. The molecule has 0 fully saturated rings. The monoisotopic (exact) mass is 186 g/mol. The van der Waals surface area contributed by atoms with Crippen LogP contribution in [0.4, 0.5) is 0 Å². The summed E-state index contributed by atoms with van der Waals surface area (Å²) >= 11 is 0. The first-order valence-electron chi connectivity index (χ1n) is 3.91. The summed E-state index contributed by atoms with van der Waals surface area (Å²) in [7, 11) is 1.25. The van der Waals surface area contributed by atoms with Gasteiger partial charge in [0, 0.05) is 0 Å². The van der Waals surface area contributed by atoms with Crippen LogP contribution in [0.15, 0.2) is 12.2 Å². The fourth-order valence-corrected chi connectivity index (χ4v) is 1.04. The molecular formula is C9H14O4. The van der Waals surface area contributed by atoms with E-state index in [9.17, 15) is 9.59 Å². The van der Waals surface area contributed by atoms with E-state index in [1.165, 1.54) is 7.11 Å². The molecule has 0 spiro atoms. The van der Waals surface area contributed by atoms with Crippen molar-refractivity contribution in [2.24, 2.45) is 5.92 Å². The van der Waals surface area contributed by atoms with Crippen molar-refractivity contribution < 1.29 is 19.4 Å². The number of carboxylic acids is 1. The SMILES string of the molecule is C=C(C)CC(CC(=O)O)C(=O)OC. The van der Waals surface area contributed by atoms with Gasteiger partial charge in [0.2, 0.25) is 0 Å². The predicted molar refractivity (Wildman–Crippen MR) is 47.2 cm³/mol. The van der Waals surface area contributed by atoms with Crippen molar-refractivity contribution >= 4 is 11.9 Å². The van der Waals surface area contributed by atoms with E-state index in [4.69, 9.17) is 5.11 Å². The maximum absolute atomic E-state index is 11.1. The zero-order chi connectivity index (χ0) is 10.4. The highest BCUT2D eigenvalue weighted by atomic mass is 16.5. The van der Waals surface area contributed by atoms with E-state index in [1.807, 2.05) is 0 Å². The van der Waals surface area contributed by atoms with Crippen LogP contribution in [0.5, 0.6) is 0 Å². The highest BCUT2D eigenvalue weighted by Gasteiger charge is 2.22. The summed E-state index contributed by atoms with van der Waals surface area (Å²) in [6.45, 7) is 5.37. The second kappa shape index (κ2) is 5.35. The molecule has 13 heavy (non-hydrogen) atoms. The lowest BCUT2D eigenvalue weighted by Crippen LogP contribution is -2.19. The van der Waals surface area contributed by atoms with Crippen LogP contribution in [0, 0.1) is 5.92 Å². The van der Waals surface area contributed by atoms with Gasteiger partial charge in [-0.25, -0.2) is 0 Å². The number of ether oxygens (including phenoxy) is 1. The van der Waals surface area contributed by atoms with Crippen molar-refractivity contribution in [1.82, 2.24) is 0 Å². The molecule has 1 N–H and O–H groups in total. The second-order valence-electron chi connectivity index (χ2n) is 2.98. The van der Waals surface area contributed by atoms with Crippen LogP contribution in [0.1, 0.15) is 19.8 Å². The Labute approximate surface area is 77.2 Å². The van der Waals surface area contributed by atoms with Gasteiger partial charge in [-0.3, -0.25) is 9.59 Å². The summed E-state index contributed by atoms with van der Waals surface area (Å²) in [4.78, 5) is 21.4. The Bertz CT molecular complexity index is 204. The molecule has 0 saturated heterocycles. The number of aliphatic carboxylic acids is 1. The average Bonchev–Trinajstić information content (AvgIpc) is 2.00. The molecular weight excluding hydrogens is 172 g/mol. The fraction of sp³-hybridized carbons (Fsp3) is 0.556. The van der Waals surface area contributed by atoms with E-state index in [1.54, 1.807) is 6.92 Å². The minimum Gasteiger partial charge on any atom is -0.481 e. The number of esters is 1. The van der Waals surface area contributed by atoms with Gasteiger partial charge in [0.15, 0.2) is 0 Å². The molecule has 74 valence electrons. The first kappa shape index (κ1) is 11.7. The van der Waals surface area contributed by atoms with E-state index >= 15 is 0 Å². The molecule has 0 radical (unpaired) electrons.